The zero-order valence-corrected chi connectivity index (χ0v) is 25.0. The van der Waals surface area contributed by atoms with E-state index in [2.05, 4.69) is 0 Å². The van der Waals surface area contributed by atoms with Gasteiger partial charge in [-0.05, 0) is 55.0 Å². The van der Waals surface area contributed by atoms with Crippen LogP contribution in [0.5, 0.6) is 5.75 Å². The molecule has 0 N–H and O–H groups in total. The molecule has 2 aromatic rings. The summed E-state index contributed by atoms with van der Waals surface area (Å²) in [5.74, 6) is -5.30. The van der Waals surface area contributed by atoms with E-state index >= 15 is 0 Å². The number of unbranched alkanes of at least 4 members (excludes halogenated alkanes) is 2. The number of hydrogen-bond donors (Lipinski definition) is 0. The van der Waals surface area contributed by atoms with Gasteiger partial charge < -0.3 is 14.2 Å². The van der Waals surface area contributed by atoms with Gasteiger partial charge in [-0.25, -0.2) is 0 Å². The molecule has 3 rings (SSSR count). The van der Waals surface area contributed by atoms with Crippen LogP contribution in [-0.2, 0) is 37.1 Å². The minimum absolute atomic E-state index is 0.0336. The zero-order valence-electron chi connectivity index (χ0n) is 25.0. The van der Waals surface area contributed by atoms with Crippen molar-refractivity contribution in [1.29, 1.82) is 0 Å². The number of ether oxygens (including phenoxy) is 3. The van der Waals surface area contributed by atoms with Crippen LogP contribution in [-0.4, -0.2) is 36.7 Å². The molecule has 1 unspecified atom stereocenters. The summed E-state index contributed by atoms with van der Waals surface area (Å²) in [7, 11) is 1.58. The van der Waals surface area contributed by atoms with Crippen molar-refractivity contribution >= 4 is 17.5 Å². The summed E-state index contributed by atoms with van der Waals surface area (Å²) in [6.07, 6.45) is 7.95. The maximum absolute atomic E-state index is 14.3. The van der Waals surface area contributed by atoms with Crippen LogP contribution in [0, 0.1) is 11.8 Å². The molecule has 0 bridgehead atoms. The summed E-state index contributed by atoms with van der Waals surface area (Å²) in [5, 5.41) is 0. The standard InChI is InChI=1S/C35H42F2O6/c1-3-4-22-35(36,37)33(39)21-20-30-29(31(38)23-32(30)42-24-27-16-18-28(41-2)19-17-27)14-10-5-6-11-15-34(40)43-25-26-12-8-7-9-13-26/h5,7-10,12-13,16-21,29-30,32H,3-4,6,11,14-15,22-25H2,1-2H3/t29-,30-,32?/m1/s1. The Hall–Kier alpha value is -3.65. The number of alkyl halides is 2. The van der Waals surface area contributed by atoms with Gasteiger partial charge in [0.2, 0.25) is 5.78 Å². The normalized spacial score (nSPS) is 18.9. The lowest BCUT2D eigenvalue weighted by Gasteiger charge is -2.21. The first-order chi connectivity index (χ1) is 20.7. The van der Waals surface area contributed by atoms with Crippen LogP contribution in [0.3, 0.4) is 0 Å². The molecule has 1 fully saturated rings. The van der Waals surface area contributed by atoms with Gasteiger partial charge in [0, 0.05) is 31.1 Å². The lowest BCUT2D eigenvalue weighted by Crippen LogP contribution is -2.28. The molecule has 1 aliphatic carbocycles. The summed E-state index contributed by atoms with van der Waals surface area (Å²) >= 11 is 0. The Morgan fingerprint density at radius 3 is 2.40 bits per heavy atom. The Balaban J connectivity index is 1.57. The molecule has 0 saturated heterocycles. The van der Waals surface area contributed by atoms with Crippen LogP contribution in [0.2, 0.25) is 0 Å². The number of allylic oxidation sites excluding steroid dienone is 3. The van der Waals surface area contributed by atoms with E-state index in [4.69, 9.17) is 14.2 Å². The molecule has 8 heteroatoms. The predicted molar refractivity (Wildman–Crippen MR) is 161 cm³/mol. The lowest BCUT2D eigenvalue weighted by atomic mass is 9.90. The predicted octanol–water partition coefficient (Wildman–Crippen LogP) is 7.60. The van der Waals surface area contributed by atoms with Gasteiger partial charge in [0.25, 0.3) is 0 Å². The molecule has 0 aliphatic heterocycles. The minimum Gasteiger partial charge on any atom is -0.497 e. The van der Waals surface area contributed by atoms with Gasteiger partial charge in [-0.3, -0.25) is 14.4 Å². The second kappa shape index (κ2) is 17.5. The first-order valence-corrected chi connectivity index (χ1v) is 15.0. The number of carbonyl (C=O) groups excluding carboxylic acids is 3. The SMILES string of the molecule is CCCCC(F)(F)C(=O)C=C[C@H]1C(OCc2ccc(OC)cc2)CC(=O)[C@@H]1CC=CCCCC(=O)OCc1ccccc1. The maximum Gasteiger partial charge on any atom is 0.309 e. The van der Waals surface area contributed by atoms with Crippen molar-refractivity contribution in [3.05, 3.63) is 90.0 Å². The van der Waals surface area contributed by atoms with Gasteiger partial charge in [0.1, 0.15) is 18.1 Å². The van der Waals surface area contributed by atoms with Crippen molar-refractivity contribution in [3.63, 3.8) is 0 Å². The highest BCUT2D eigenvalue weighted by Crippen LogP contribution is 2.36. The molecule has 0 radical (unpaired) electrons. The molecule has 2 aromatic carbocycles. The molecule has 0 spiro atoms. The zero-order chi connectivity index (χ0) is 31.1. The Kier molecular flexibility index (Phi) is 13.7. The van der Waals surface area contributed by atoms with Crippen molar-refractivity contribution in [2.45, 2.75) is 83.5 Å². The number of halogens is 2. The smallest absolute Gasteiger partial charge is 0.309 e. The lowest BCUT2D eigenvalue weighted by molar-refractivity contribution is -0.145. The van der Waals surface area contributed by atoms with E-state index in [9.17, 15) is 23.2 Å². The molecule has 0 aromatic heterocycles. The summed E-state index contributed by atoms with van der Waals surface area (Å²) in [4.78, 5) is 37.4. The second-order valence-corrected chi connectivity index (χ2v) is 10.8. The number of Topliss-reactive ketones (excluding diaryl/α,β-unsaturated/α-hetero) is 1. The third-order valence-corrected chi connectivity index (χ3v) is 7.56. The fraction of sp³-hybridized carbons (Fsp3) is 0.457. The number of rotatable bonds is 18. The van der Waals surface area contributed by atoms with E-state index in [1.165, 1.54) is 6.08 Å². The topological polar surface area (TPSA) is 78.9 Å². The molecular weight excluding hydrogens is 554 g/mol. The van der Waals surface area contributed by atoms with E-state index in [-0.39, 0.29) is 44.2 Å². The highest BCUT2D eigenvalue weighted by atomic mass is 19.3. The highest BCUT2D eigenvalue weighted by Gasteiger charge is 2.42. The first kappa shape index (κ1) is 33.8. The van der Waals surface area contributed by atoms with Crippen molar-refractivity contribution in [2.24, 2.45) is 11.8 Å². The Bertz CT molecular complexity index is 1220. The quantitative estimate of drug-likeness (QED) is 0.0763. The molecule has 6 nitrogen and oxygen atoms in total. The van der Waals surface area contributed by atoms with Gasteiger partial charge in [-0.2, -0.15) is 8.78 Å². The number of hydrogen-bond acceptors (Lipinski definition) is 6. The molecule has 0 amide bonds. The fourth-order valence-electron chi connectivity index (χ4n) is 4.98. The molecule has 1 aliphatic rings. The number of carbonyl (C=O) groups is 3. The summed E-state index contributed by atoms with van der Waals surface area (Å²) in [6, 6.07) is 16.8. The highest BCUT2D eigenvalue weighted by molar-refractivity contribution is 5.96. The Morgan fingerprint density at radius 2 is 1.70 bits per heavy atom. The Labute approximate surface area is 253 Å². The number of ketones is 2. The molecule has 3 atom stereocenters. The van der Waals surface area contributed by atoms with E-state index in [1.54, 1.807) is 14.0 Å². The number of esters is 1. The third kappa shape index (κ3) is 11.2. The number of benzene rings is 2. The van der Waals surface area contributed by atoms with Crippen LogP contribution in [0.15, 0.2) is 78.9 Å². The van der Waals surface area contributed by atoms with Gasteiger partial charge in [-0.15, -0.1) is 0 Å². The molecule has 232 valence electrons. The fourth-order valence-corrected chi connectivity index (χ4v) is 4.98. The molecular formula is C35H42F2O6. The largest absolute Gasteiger partial charge is 0.497 e. The third-order valence-electron chi connectivity index (χ3n) is 7.56. The van der Waals surface area contributed by atoms with Gasteiger partial charge in [-0.1, -0.05) is 74.0 Å². The van der Waals surface area contributed by atoms with E-state index in [0.29, 0.717) is 31.4 Å². The van der Waals surface area contributed by atoms with Crippen molar-refractivity contribution in [3.8, 4) is 5.75 Å². The minimum atomic E-state index is -3.44. The van der Waals surface area contributed by atoms with Crippen LogP contribution < -0.4 is 4.74 Å². The monoisotopic (exact) mass is 596 g/mol. The maximum atomic E-state index is 14.3. The Morgan fingerprint density at radius 1 is 0.977 bits per heavy atom. The number of methoxy groups -OCH3 is 1. The molecule has 43 heavy (non-hydrogen) atoms. The average Bonchev–Trinajstić information content (AvgIpc) is 3.32. The first-order valence-electron chi connectivity index (χ1n) is 15.0. The van der Waals surface area contributed by atoms with Crippen LogP contribution in [0.1, 0.15) is 69.4 Å². The van der Waals surface area contributed by atoms with Gasteiger partial charge >= 0.3 is 11.9 Å². The van der Waals surface area contributed by atoms with Crippen LogP contribution >= 0.6 is 0 Å². The van der Waals surface area contributed by atoms with E-state index < -0.39 is 36.1 Å². The van der Waals surface area contributed by atoms with Crippen LogP contribution in [0.25, 0.3) is 0 Å². The van der Waals surface area contributed by atoms with Gasteiger partial charge in [0.15, 0.2) is 0 Å². The summed E-state index contributed by atoms with van der Waals surface area (Å²) in [5.41, 5.74) is 1.81. The van der Waals surface area contributed by atoms with Crippen molar-refractivity contribution in [1.82, 2.24) is 0 Å². The average molecular weight is 597 g/mol. The van der Waals surface area contributed by atoms with E-state index in [0.717, 1.165) is 17.2 Å². The van der Waals surface area contributed by atoms with E-state index in [1.807, 2.05) is 66.7 Å². The summed E-state index contributed by atoms with van der Waals surface area (Å²) in [6.45, 7) is 2.26. The molecule has 0 heterocycles. The summed E-state index contributed by atoms with van der Waals surface area (Å²) < 4.78 is 45.3. The van der Waals surface area contributed by atoms with Crippen LogP contribution in [0.4, 0.5) is 8.78 Å². The van der Waals surface area contributed by atoms with Crippen molar-refractivity contribution < 1.29 is 37.4 Å². The molecule has 1 saturated carbocycles. The van der Waals surface area contributed by atoms with Crippen molar-refractivity contribution in [2.75, 3.05) is 7.11 Å². The second-order valence-electron chi connectivity index (χ2n) is 10.8. The van der Waals surface area contributed by atoms with Gasteiger partial charge in [0.05, 0.1) is 19.8 Å².